The van der Waals surface area contributed by atoms with Crippen molar-refractivity contribution in [2.24, 2.45) is 17.4 Å². The van der Waals surface area contributed by atoms with Gasteiger partial charge in [-0.25, -0.2) is 8.78 Å². The second-order valence-electron chi connectivity index (χ2n) is 7.71. The number of nitrogens with one attached hydrogen (secondary N) is 1. The minimum Gasteiger partial charge on any atom is -0.490 e. The van der Waals surface area contributed by atoms with Crippen molar-refractivity contribution in [3.8, 4) is 5.75 Å². The van der Waals surface area contributed by atoms with Crippen molar-refractivity contribution in [1.29, 1.82) is 0 Å². The Bertz CT molecular complexity index is 1310. The largest absolute Gasteiger partial charge is 0.490 e. The van der Waals surface area contributed by atoms with Crippen LogP contribution in [0, 0.1) is 17.6 Å². The van der Waals surface area contributed by atoms with Gasteiger partial charge in [0.15, 0.2) is 11.6 Å². The van der Waals surface area contributed by atoms with Crippen LogP contribution in [0.4, 0.5) is 8.78 Å². The predicted octanol–water partition coefficient (Wildman–Crippen LogP) is 3.47. The summed E-state index contributed by atoms with van der Waals surface area (Å²) in [6, 6.07) is 8.90. The van der Waals surface area contributed by atoms with Crippen LogP contribution in [0.1, 0.15) is 17.9 Å². The van der Waals surface area contributed by atoms with Crippen molar-refractivity contribution >= 4 is 33.2 Å². The fourth-order valence-electron chi connectivity index (χ4n) is 3.75. The number of hydrogen-bond donors (Lipinski definition) is 1. The summed E-state index contributed by atoms with van der Waals surface area (Å²) in [5, 5.41) is 3.93. The zero-order valence-electron chi connectivity index (χ0n) is 17.5. The molecule has 1 aliphatic heterocycles. The van der Waals surface area contributed by atoms with Gasteiger partial charge in [0, 0.05) is 48.2 Å². The molecule has 1 aliphatic rings. The number of benzene rings is 2. The number of halogens is 3. The number of aryl methyl sites for hydroxylation is 1. The van der Waals surface area contributed by atoms with Crippen molar-refractivity contribution < 1.29 is 21.9 Å². The SMILES string of the molecule is Cn1cnsc1=NS(=O)(=O)c1cc(F)c(OC[C@@H]2CNCCC2c2ccc(Cl)cc2)cc1F. The van der Waals surface area contributed by atoms with Crippen LogP contribution in [0.3, 0.4) is 0 Å². The lowest BCUT2D eigenvalue weighted by molar-refractivity contribution is 0.190. The van der Waals surface area contributed by atoms with Crippen molar-refractivity contribution in [2.45, 2.75) is 17.2 Å². The third kappa shape index (κ3) is 5.43. The maximum atomic E-state index is 14.7. The van der Waals surface area contributed by atoms with Crippen LogP contribution in [0.25, 0.3) is 0 Å². The molecule has 33 heavy (non-hydrogen) atoms. The lowest BCUT2D eigenvalue weighted by atomic mass is 9.81. The molecule has 1 aromatic heterocycles. The first-order chi connectivity index (χ1) is 15.7. The van der Waals surface area contributed by atoms with Gasteiger partial charge in [0.25, 0.3) is 10.0 Å². The summed E-state index contributed by atoms with van der Waals surface area (Å²) in [7, 11) is -2.93. The summed E-state index contributed by atoms with van der Waals surface area (Å²) in [5.74, 6) is -2.30. The number of sulfonamides is 1. The van der Waals surface area contributed by atoms with E-state index in [0.717, 1.165) is 36.1 Å². The number of rotatable bonds is 6. The maximum Gasteiger partial charge on any atom is 0.288 e. The van der Waals surface area contributed by atoms with E-state index in [2.05, 4.69) is 14.1 Å². The van der Waals surface area contributed by atoms with Crippen LogP contribution in [-0.2, 0) is 17.1 Å². The van der Waals surface area contributed by atoms with Crippen LogP contribution < -0.4 is 14.9 Å². The van der Waals surface area contributed by atoms with E-state index in [0.29, 0.717) is 17.6 Å². The highest BCUT2D eigenvalue weighted by Gasteiger charge is 2.28. The molecule has 1 unspecified atom stereocenters. The van der Waals surface area contributed by atoms with E-state index in [1.54, 1.807) is 7.05 Å². The lowest BCUT2D eigenvalue weighted by Gasteiger charge is -2.32. The molecule has 12 heteroatoms. The number of piperidine rings is 1. The maximum absolute atomic E-state index is 14.7. The van der Waals surface area contributed by atoms with E-state index in [1.165, 1.54) is 10.9 Å². The molecule has 1 fully saturated rings. The quantitative estimate of drug-likeness (QED) is 0.544. The Kier molecular flexibility index (Phi) is 7.13. The van der Waals surface area contributed by atoms with Gasteiger partial charge in [-0.3, -0.25) is 0 Å². The summed E-state index contributed by atoms with van der Waals surface area (Å²) < 4.78 is 68.7. The molecule has 2 aromatic carbocycles. The van der Waals surface area contributed by atoms with Crippen LogP contribution >= 0.6 is 23.1 Å². The molecule has 7 nitrogen and oxygen atoms in total. The molecule has 0 spiro atoms. The minimum atomic E-state index is -4.48. The van der Waals surface area contributed by atoms with Gasteiger partial charge < -0.3 is 14.6 Å². The fraction of sp³-hybridized carbons (Fsp3) is 0.333. The van der Waals surface area contributed by atoms with E-state index in [4.69, 9.17) is 16.3 Å². The Labute approximate surface area is 198 Å². The Hall–Kier alpha value is -2.34. The summed E-state index contributed by atoms with van der Waals surface area (Å²) in [6.07, 6.45) is 2.23. The molecule has 2 atom stereocenters. The molecule has 0 saturated carbocycles. The summed E-state index contributed by atoms with van der Waals surface area (Å²) in [4.78, 5) is -0.827. The van der Waals surface area contributed by atoms with Gasteiger partial charge >= 0.3 is 0 Å². The van der Waals surface area contributed by atoms with E-state index in [1.807, 2.05) is 24.3 Å². The smallest absolute Gasteiger partial charge is 0.288 e. The molecular formula is C21H21ClF2N4O3S2. The molecule has 0 bridgehead atoms. The van der Waals surface area contributed by atoms with Gasteiger partial charge in [-0.05, 0) is 36.6 Å². The van der Waals surface area contributed by atoms with Crippen molar-refractivity contribution in [3.05, 3.63) is 69.7 Å². The monoisotopic (exact) mass is 514 g/mol. The molecular weight excluding hydrogens is 494 g/mol. The van der Waals surface area contributed by atoms with Gasteiger partial charge in [0.05, 0.1) is 6.61 Å². The topological polar surface area (TPSA) is 85.6 Å². The molecule has 0 aliphatic carbocycles. The normalized spacial score (nSPS) is 19.6. The van der Waals surface area contributed by atoms with E-state index in [-0.39, 0.29) is 29.0 Å². The molecule has 4 rings (SSSR count). The Morgan fingerprint density at radius 1 is 1.27 bits per heavy atom. The first kappa shape index (κ1) is 23.8. The number of aromatic nitrogens is 2. The Morgan fingerprint density at radius 3 is 2.73 bits per heavy atom. The molecule has 1 N–H and O–H groups in total. The predicted molar refractivity (Wildman–Crippen MR) is 121 cm³/mol. The first-order valence-corrected chi connectivity index (χ1v) is 12.7. The van der Waals surface area contributed by atoms with Gasteiger partial charge in [-0.2, -0.15) is 12.8 Å². The van der Waals surface area contributed by atoms with E-state index < -0.39 is 26.6 Å². The van der Waals surface area contributed by atoms with Crippen LogP contribution in [-0.4, -0.2) is 37.1 Å². The van der Waals surface area contributed by atoms with Crippen LogP contribution in [0.2, 0.25) is 5.02 Å². The third-order valence-electron chi connectivity index (χ3n) is 5.48. The van der Waals surface area contributed by atoms with Crippen molar-refractivity contribution in [3.63, 3.8) is 0 Å². The fourth-order valence-corrected chi connectivity index (χ4v) is 5.75. The molecule has 0 amide bonds. The van der Waals surface area contributed by atoms with Gasteiger partial charge in [0.1, 0.15) is 17.0 Å². The average Bonchev–Trinajstić information content (AvgIpc) is 3.18. The third-order valence-corrected chi connectivity index (χ3v) is 7.87. The first-order valence-electron chi connectivity index (χ1n) is 10.1. The second kappa shape index (κ2) is 9.88. The van der Waals surface area contributed by atoms with E-state index >= 15 is 0 Å². The summed E-state index contributed by atoms with van der Waals surface area (Å²) in [5.41, 5.74) is 1.10. The summed E-state index contributed by atoms with van der Waals surface area (Å²) >= 11 is 6.81. The number of hydrogen-bond acceptors (Lipinski definition) is 6. The highest BCUT2D eigenvalue weighted by atomic mass is 35.5. The van der Waals surface area contributed by atoms with Crippen molar-refractivity contribution in [2.75, 3.05) is 19.7 Å². The Balaban J connectivity index is 1.54. The van der Waals surface area contributed by atoms with Crippen molar-refractivity contribution in [1.82, 2.24) is 14.3 Å². The molecule has 176 valence electrons. The molecule has 2 heterocycles. The molecule has 0 radical (unpaired) electrons. The van der Waals surface area contributed by atoms with Crippen LogP contribution in [0.15, 0.2) is 52.0 Å². The second-order valence-corrected chi connectivity index (χ2v) is 10.5. The Morgan fingerprint density at radius 2 is 2.03 bits per heavy atom. The van der Waals surface area contributed by atoms with E-state index in [9.17, 15) is 17.2 Å². The van der Waals surface area contributed by atoms with Gasteiger partial charge in [0.2, 0.25) is 4.80 Å². The molecule has 1 saturated heterocycles. The minimum absolute atomic E-state index is 0.00660. The van der Waals surface area contributed by atoms with Gasteiger partial charge in [-0.1, -0.05) is 23.7 Å². The summed E-state index contributed by atoms with van der Waals surface area (Å²) in [6.45, 7) is 1.61. The highest BCUT2D eigenvalue weighted by Crippen LogP contribution is 2.33. The lowest BCUT2D eigenvalue weighted by Crippen LogP contribution is -2.38. The number of nitrogens with zero attached hydrogens (tertiary/aromatic N) is 3. The zero-order valence-corrected chi connectivity index (χ0v) is 19.9. The standard InChI is InChI=1S/C21H21ClF2N4O3S2/c1-28-12-26-32-21(28)27-33(29,30)20-9-17(23)19(8-18(20)24)31-11-14-10-25-7-6-16(14)13-2-4-15(22)5-3-13/h2-5,8-9,12,14,16,25H,6-7,10-11H2,1H3/t14-,16?/m0/s1. The number of ether oxygens (including phenoxy) is 1. The average molecular weight is 515 g/mol. The van der Waals surface area contributed by atoms with Gasteiger partial charge in [-0.15, -0.1) is 4.40 Å². The zero-order chi connectivity index (χ0) is 23.6. The van der Waals surface area contributed by atoms with Crippen LogP contribution in [0.5, 0.6) is 5.75 Å². The molecule has 3 aromatic rings. The highest BCUT2D eigenvalue weighted by molar-refractivity contribution is 7.90.